The lowest BCUT2D eigenvalue weighted by atomic mass is 9.88. The van der Waals surface area contributed by atoms with Gasteiger partial charge in [-0.2, -0.15) is 0 Å². The Morgan fingerprint density at radius 3 is 1.85 bits per heavy atom. The third-order valence-corrected chi connectivity index (χ3v) is 6.37. The van der Waals surface area contributed by atoms with Gasteiger partial charge in [-0.05, 0) is 16.7 Å². The highest BCUT2D eigenvalue weighted by Gasteiger charge is 2.60. The molecule has 0 amide bonds. The zero-order chi connectivity index (χ0) is 23.2. The second kappa shape index (κ2) is 10.8. The standard InChI is InChI=1S/C28H31NO5/c29-24-25(31-17-22-12-6-2-7-13-22)26(32-18-23-14-8-3-9-15-23)28(20-33-27(24)34-28)19-30-16-21-10-4-1-5-11-21/h1-15,24-27H,16-20,29H2/t24?,25?,26?,27-,28?/m0/s1. The Hall–Kier alpha value is -2.58. The molecule has 2 bridgehead atoms. The van der Waals surface area contributed by atoms with Crippen LogP contribution in [0.5, 0.6) is 0 Å². The Balaban J connectivity index is 1.34. The Morgan fingerprint density at radius 2 is 1.26 bits per heavy atom. The number of hydrogen-bond acceptors (Lipinski definition) is 6. The summed E-state index contributed by atoms with van der Waals surface area (Å²) >= 11 is 0. The summed E-state index contributed by atoms with van der Waals surface area (Å²) in [5.74, 6) is 0. The molecule has 0 radical (unpaired) electrons. The molecule has 5 rings (SSSR count). The molecule has 2 saturated heterocycles. The quantitative estimate of drug-likeness (QED) is 0.495. The van der Waals surface area contributed by atoms with Crippen LogP contribution in [0.2, 0.25) is 0 Å². The lowest BCUT2D eigenvalue weighted by Gasteiger charge is -2.45. The van der Waals surface area contributed by atoms with Crippen LogP contribution in [0.4, 0.5) is 0 Å². The average molecular weight is 462 g/mol. The van der Waals surface area contributed by atoms with Crippen LogP contribution in [-0.4, -0.2) is 43.4 Å². The molecule has 0 aromatic heterocycles. The molecule has 3 aromatic rings. The summed E-state index contributed by atoms with van der Waals surface area (Å²) < 4.78 is 31.3. The van der Waals surface area contributed by atoms with E-state index in [0.717, 1.165) is 16.7 Å². The van der Waals surface area contributed by atoms with E-state index in [1.54, 1.807) is 0 Å². The van der Waals surface area contributed by atoms with Gasteiger partial charge in [0.15, 0.2) is 6.29 Å². The molecule has 6 heteroatoms. The summed E-state index contributed by atoms with van der Waals surface area (Å²) in [4.78, 5) is 0. The normalized spacial score (nSPS) is 28.1. The molecule has 2 fully saturated rings. The monoisotopic (exact) mass is 461 g/mol. The molecule has 2 heterocycles. The highest BCUT2D eigenvalue weighted by atomic mass is 16.8. The summed E-state index contributed by atoms with van der Waals surface area (Å²) in [6.07, 6.45) is -1.43. The number of ether oxygens (including phenoxy) is 5. The van der Waals surface area contributed by atoms with E-state index in [2.05, 4.69) is 0 Å². The summed E-state index contributed by atoms with van der Waals surface area (Å²) in [6, 6.07) is 29.7. The number of nitrogens with two attached hydrogens (primary N) is 1. The smallest absolute Gasteiger partial charge is 0.176 e. The van der Waals surface area contributed by atoms with Gasteiger partial charge in [-0.15, -0.1) is 0 Å². The van der Waals surface area contributed by atoms with Gasteiger partial charge in [0.2, 0.25) is 0 Å². The van der Waals surface area contributed by atoms with Crippen LogP contribution < -0.4 is 5.73 Å². The molecule has 2 aliphatic rings. The topological polar surface area (TPSA) is 72.2 Å². The third-order valence-electron chi connectivity index (χ3n) is 6.37. The summed E-state index contributed by atoms with van der Waals surface area (Å²) in [5.41, 5.74) is 9.01. The summed E-state index contributed by atoms with van der Waals surface area (Å²) in [6.45, 7) is 1.97. The lowest BCUT2D eigenvalue weighted by Crippen LogP contribution is -2.66. The van der Waals surface area contributed by atoms with Crippen molar-refractivity contribution in [3.63, 3.8) is 0 Å². The first kappa shape index (κ1) is 23.2. The van der Waals surface area contributed by atoms with Crippen LogP contribution in [0.1, 0.15) is 16.7 Å². The Morgan fingerprint density at radius 1 is 0.735 bits per heavy atom. The molecule has 3 aromatic carbocycles. The summed E-state index contributed by atoms with van der Waals surface area (Å²) in [5, 5.41) is 0. The van der Waals surface area contributed by atoms with Gasteiger partial charge < -0.3 is 29.4 Å². The largest absolute Gasteiger partial charge is 0.374 e. The van der Waals surface area contributed by atoms with E-state index in [9.17, 15) is 0 Å². The predicted octanol–water partition coefficient (Wildman–Crippen LogP) is 3.83. The minimum atomic E-state index is -0.800. The van der Waals surface area contributed by atoms with E-state index in [4.69, 9.17) is 29.4 Å². The second-order valence-corrected chi connectivity index (χ2v) is 8.90. The van der Waals surface area contributed by atoms with Crippen molar-refractivity contribution in [3.05, 3.63) is 108 Å². The van der Waals surface area contributed by atoms with Gasteiger partial charge in [-0.3, -0.25) is 0 Å². The first-order chi connectivity index (χ1) is 16.7. The van der Waals surface area contributed by atoms with Crippen molar-refractivity contribution in [1.82, 2.24) is 0 Å². The molecule has 2 N–H and O–H groups in total. The Kier molecular flexibility index (Phi) is 7.35. The molecule has 5 atom stereocenters. The summed E-state index contributed by atoms with van der Waals surface area (Å²) in [7, 11) is 0. The molecule has 178 valence electrons. The first-order valence-electron chi connectivity index (χ1n) is 11.7. The van der Waals surface area contributed by atoms with E-state index in [1.165, 1.54) is 0 Å². The molecular weight excluding hydrogens is 430 g/mol. The van der Waals surface area contributed by atoms with Crippen LogP contribution in [-0.2, 0) is 43.5 Å². The maximum atomic E-state index is 6.57. The van der Waals surface area contributed by atoms with E-state index >= 15 is 0 Å². The zero-order valence-corrected chi connectivity index (χ0v) is 19.1. The van der Waals surface area contributed by atoms with Crippen molar-refractivity contribution in [1.29, 1.82) is 0 Å². The average Bonchev–Trinajstić information content (AvgIpc) is 3.28. The van der Waals surface area contributed by atoms with Gasteiger partial charge in [0.05, 0.1) is 39.1 Å². The Bertz CT molecular complexity index is 1020. The van der Waals surface area contributed by atoms with Crippen molar-refractivity contribution < 1.29 is 23.7 Å². The van der Waals surface area contributed by atoms with Crippen molar-refractivity contribution in [2.24, 2.45) is 5.73 Å². The zero-order valence-electron chi connectivity index (χ0n) is 19.1. The molecule has 34 heavy (non-hydrogen) atoms. The number of rotatable bonds is 10. The SMILES string of the molecule is NC1C(OCc2ccccc2)C(OCc2ccccc2)C2(COCc3ccccc3)CO[C@H]1O2. The van der Waals surface area contributed by atoms with Crippen molar-refractivity contribution in [3.8, 4) is 0 Å². The van der Waals surface area contributed by atoms with E-state index in [1.807, 2.05) is 91.0 Å². The molecule has 0 aliphatic carbocycles. The Labute approximate surface area is 200 Å². The van der Waals surface area contributed by atoms with E-state index < -0.39 is 30.1 Å². The van der Waals surface area contributed by atoms with Gasteiger partial charge in [0.1, 0.15) is 17.8 Å². The van der Waals surface area contributed by atoms with Crippen molar-refractivity contribution in [2.75, 3.05) is 13.2 Å². The van der Waals surface area contributed by atoms with Crippen LogP contribution >= 0.6 is 0 Å². The molecular formula is C28H31NO5. The fraction of sp³-hybridized carbons (Fsp3) is 0.357. The molecule has 0 spiro atoms. The predicted molar refractivity (Wildman–Crippen MR) is 128 cm³/mol. The van der Waals surface area contributed by atoms with Crippen LogP contribution in [0, 0.1) is 0 Å². The fourth-order valence-electron chi connectivity index (χ4n) is 4.56. The van der Waals surface area contributed by atoms with Crippen LogP contribution in [0.25, 0.3) is 0 Å². The van der Waals surface area contributed by atoms with Crippen molar-refractivity contribution in [2.45, 2.75) is 50.0 Å². The maximum Gasteiger partial charge on any atom is 0.176 e. The first-order valence-corrected chi connectivity index (χ1v) is 11.7. The molecule has 6 nitrogen and oxygen atoms in total. The number of benzene rings is 3. The molecule has 0 saturated carbocycles. The molecule has 2 aliphatic heterocycles. The number of hydrogen-bond donors (Lipinski definition) is 1. The lowest BCUT2D eigenvalue weighted by molar-refractivity contribution is -0.260. The van der Waals surface area contributed by atoms with Gasteiger partial charge in [0, 0.05) is 0 Å². The highest BCUT2D eigenvalue weighted by molar-refractivity contribution is 5.16. The van der Waals surface area contributed by atoms with Crippen LogP contribution in [0.15, 0.2) is 91.0 Å². The van der Waals surface area contributed by atoms with Crippen LogP contribution in [0.3, 0.4) is 0 Å². The third kappa shape index (κ3) is 5.23. The second-order valence-electron chi connectivity index (χ2n) is 8.90. The maximum absolute atomic E-state index is 6.57. The van der Waals surface area contributed by atoms with E-state index in [-0.39, 0.29) is 0 Å². The van der Waals surface area contributed by atoms with Gasteiger partial charge in [0.25, 0.3) is 0 Å². The molecule has 4 unspecified atom stereocenters. The number of fused-ring (bicyclic) bond motifs is 2. The van der Waals surface area contributed by atoms with Gasteiger partial charge in [-0.1, -0.05) is 91.0 Å². The van der Waals surface area contributed by atoms with E-state index in [0.29, 0.717) is 33.0 Å². The highest BCUT2D eigenvalue weighted by Crippen LogP contribution is 2.40. The minimum Gasteiger partial charge on any atom is -0.374 e. The minimum absolute atomic E-state index is 0.315. The van der Waals surface area contributed by atoms with Crippen molar-refractivity contribution >= 4 is 0 Å². The van der Waals surface area contributed by atoms with Gasteiger partial charge in [-0.25, -0.2) is 0 Å². The van der Waals surface area contributed by atoms with Gasteiger partial charge >= 0.3 is 0 Å². The fourth-order valence-corrected chi connectivity index (χ4v) is 4.56.